The Kier molecular flexibility index (Phi) is 6.24. The van der Waals surface area contributed by atoms with Gasteiger partial charge in [-0.3, -0.25) is 0 Å². The molecular weight excluding hydrogens is 214 g/mol. The Balaban J connectivity index is 2.02. The van der Waals surface area contributed by atoms with Crippen LogP contribution in [-0.4, -0.2) is 13.1 Å². The van der Waals surface area contributed by atoms with Gasteiger partial charge < -0.3 is 5.32 Å². The molecule has 0 aromatic carbocycles. The zero-order valence-corrected chi connectivity index (χ0v) is 10.3. The highest BCUT2D eigenvalue weighted by atomic mass is 35.5. The molecule has 14 heavy (non-hydrogen) atoms. The molecule has 0 atom stereocenters. The van der Waals surface area contributed by atoms with Gasteiger partial charge in [-0.05, 0) is 50.2 Å². The summed E-state index contributed by atoms with van der Waals surface area (Å²) in [5, 5.41) is 6.40. The lowest BCUT2D eigenvalue weighted by Gasteiger charge is -2.02. The first-order chi connectivity index (χ1) is 6.84. The van der Waals surface area contributed by atoms with E-state index in [0.29, 0.717) is 0 Å². The fourth-order valence-corrected chi connectivity index (χ4v) is 2.52. The van der Waals surface area contributed by atoms with Gasteiger partial charge in [0.25, 0.3) is 0 Å². The minimum absolute atomic E-state index is 0.941. The highest BCUT2D eigenvalue weighted by Gasteiger charge is 2.00. The minimum Gasteiger partial charge on any atom is -0.317 e. The zero-order valence-electron chi connectivity index (χ0n) is 8.68. The summed E-state index contributed by atoms with van der Waals surface area (Å²) < 4.78 is 0. The molecule has 0 aliphatic rings. The third-order valence-corrected chi connectivity index (χ3v) is 3.57. The number of hydrogen-bond acceptors (Lipinski definition) is 2. The first-order valence-corrected chi connectivity index (χ1v) is 6.53. The number of aryl methyl sites for hydroxylation is 1. The normalized spacial score (nSPS) is 10.7. The first-order valence-electron chi connectivity index (χ1n) is 5.27. The van der Waals surface area contributed by atoms with Crippen LogP contribution in [0.5, 0.6) is 0 Å². The van der Waals surface area contributed by atoms with Crippen molar-refractivity contribution in [3.63, 3.8) is 0 Å². The smallest absolute Gasteiger partial charge is 0.0544 e. The summed E-state index contributed by atoms with van der Waals surface area (Å²) >= 11 is 7.76. The van der Waals surface area contributed by atoms with Crippen molar-refractivity contribution in [1.29, 1.82) is 0 Å². The van der Waals surface area contributed by atoms with Crippen LogP contribution < -0.4 is 5.32 Å². The van der Waals surface area contributed by atoms with E-state index in [0.717, 1.165) is 24.5 Å². The van der Waals surface area contributed by atoms with Gasteiger partial charge in [-0.1, -0.05) is 18.5 Å². The molecule has 1 rings (SSSR count). The van der Waals surface area contributed by atoms with E-state index in [1.54, 1.807) is 11.3 Å². The van der Waals surface area contributed by atoms with Gasteiger partial charge in [0.05, 0.1) is 5.02 Å². The van der Waals surface area contributed by atoms with Gasteiger partial charge in [0.2, 0.25) is 0 Å². The maximum Gasteiger partial charge on any atom is 0.0544 e. The van der Waals surface area contributed by atoms with E-state index in [1.165, 1.54) is 24.1 Å². The summed E-state index contributed by atoms with van der Waals surface area (Å²) in [5.74, 6) is 0. The Hall–Kier alpha value is -0.0500. The highest BCUT2D eigenvalue weighted by molar-refractivity contribution is 7.10. The van der Waals surface area contributed by atoms with Crippen molar-refractivity contribution in [1.82, 2.24) is 5.32 Å². The number of nitrogens with one attached hydrogen (secondary N) is 1. The average molecular weight is 232 g/mol. The number of rotatable bonds is 7. The number of thiophene rings is 1. The fraction of sp³-hybridized carbons (Fsp3) is 0.636. The lowest BCUT2D eigenvalue weighted by molar-refractivity contribution is 0.618. The second-order valence-corrected chi connectivity index (χ2v) is 4.81. The molecule has 0 bridgehead atoms. The molecule has 0 aliphatic heterocycles. The Labute approximate surface area is 95.5 Å². The molecule has 0 saturated heterocycles. The summed E-state index contributed by atoms with van der Waals surface area (Å²) in [7, 11) is 0. The maximum absolute atomic E-state index is 6.00. The Morgan fingerprint density at radius 3 is 2.86 bits per heavy atom. The Morgan fingerprint density at radius 1 is 1.36 bits per heavy atom. The second-order valence-electron chi connectivity index (χ2n) is 3.40. The molecule has 0 spiro atoms. The third-order valence-electron chi connectivity index (χ3n) is 2.13. The number of unbranched alkanes of at least 4 members (excludes halogenated alkanes) is 1. The van der Waals surface area contributed by atoms with Crippen LogP contribution in [0.25, 0.3) is 0 Å². The van der Waals surface area contributed by atoms with Crippen molar-refractivity contribution < 1.29 is 0 Å². The molecule has 1 N–H and O–H groups in total. The minimum atomic E-state index is 0.941. The van der Waals surface area contributed by atoms with Gasteiger partial charge in [-0.25, -0.2) is 0 Å². The summed E-state index contributed by atoms with van der Waals surface area (Å²) in [6.45, 7) is 4.47. The van der Waals surface area contributed by atoms with Crippen LogP contribution in [0.4, 0.5) is 0 Å². The monoisotopic (exact) mass is 231 g/mol. The van der Waals surface area contributed by atoms with Crippen LogP contribution in [-0.2, 0) is 6.42 Å². The van der Waals surface area contributed by atoms with Crippen molar-refractivity contribution in [3.05, 3.63) is 21.3 Å². The second kappa shape index (κ2) is 7.27. The molecule has 0 amide bonds. The van der Waals surface area contributed by atoms with Gasteiger partial charge in [-0.2, -0.15) is 0 Å². The van der Waals surface area contributed by atoms with Gasteiger partial charge >= 0.3 is 0 Å². The fourth-order valence-electron chi connectivity index (χ4n) is 1.34. The van der Waals surface area contributed by atoms with Gasteiger partial charge in [0, 0.05) is 4.88 Å². The lowest BCUT2D eigenvalue weighted by Crippen LogP contribution is -2.15. The molecule has 0 unspecified atom stereocenters. The molecule has 0 aliphatic carbocycles. The van der Waals surface area contributed by atoms with Gasteiger partial charge in [-0.15, -0.1) is 11.3 Å². The maximum atomic E-state index is 6.00. The zero-order chi connectivity index (χ0) is 10.2. The van der Waals surface area contributed by atoms with Crippen LogP contribution in [0.1, 0.15) is 31.1 Å². The Morgan fingerprint density at radius 2 is 2.21 bits per heavy atom. The molecule has 3 heteroatoms. The molecule has 1 aromatic heterocycles. The molecule has 1 aromatic rings. The largest absolute Gasteiger partial charge is 0.317 e. The van der Waals surface area contributed by atoms with Crippen molar-refractivity contribution in [2.45, 2.75) is 32.6 Å². The molecule has 80 valence electrons. The summed E-state index contributed by atoms with van der Waals surface area (Å²) in [6.07, 6.45) is 4.83. The Bertz CT molecular complexity index is 247. The van der Waals surface area contributed by atoms with E-state index in [1.807, 2.05) is 6.07 Å². The van der Waals surface area contributed by atoms with Crippen LogP contribution in [0.15, 0.2) is 11.4 Å². The van der Waals surface area contributed by atoms with E-state index in [9.17, 15) is 0 Å². The summed E-state index contributed by atoms with van der Waals surface area (Å²) in [6, 6.07) is 1.98. The van der Waals surface area contributed by atoms with Crippen LogP contribution in [0.2, 0.25) is 5.02 Å². The van der Waals surface area contributed by atoms with Crippen molar-refractivity contribution in [2.75, 3.05) is 13.1 Å². The highest BCUT2D eigenvalue weighted by Crippen LogP contribution is 2.23. The molecular formula is C11H18ClNS. The molecule has 1 heterocycles. The summed E-state index contributed by atoms with van der Waals surface area (Å²) in [5.41, 5.74) is 0. The molecule has 0 radical (unpaired) electrons. The molecule has 0 saturated carbocycles. The molecule has 1 nitrogen and oxygen atoms in total. The van der Waals surface area contributed by atoms with E-state index >= 15 is 0 Å². The SMILES string of the molecule is CCCNCCCCc1sccc1Cl. The summed E-state index contributed by atoms with van der Waals surface area (Å²) in [4.78, 5) is 1.34. The predicted molar refractivity (Wildman–Crippen MR) is 65.4 cm³/mol. The standard InChI is InChI=1S/C11H18ClNS/c1-2-7-13-8-4-3-5-11-10(12)6-9-14-11/h6,9,13H,2-5,7-8H2,1H3. The van der Waals surface area contributed by atoms with Crippen LogP contribution in [0, 0.1) is 0 Å². The lowest BCUT2D eigenvalue weighted by atomic mass is 10.2. The molecule has 0 fully saturated rings. The van der Waals surface area contributed by atoms with Crippen LogP contribution in [0.3, 0.4) is 0 Å². The van der Waals surface area contributed by atoms with Crippen molar-refractivity contribution >= 4 is 22.9 Å². The predicted octanol–water partition coefficient (Wildman–Crippen LogP) is 3.72. The third kappa shape index (κ3) is 4.45. The quantitative estimate of drug-likeness (QED) is 0.706. The van der Waals surface area contributed by atoms with E-state index in [-0.39, 0.29) is 0 Å². The van der Waals surface area contributed by atoms with Gasteiger partial charge in [0.15, 0.2) is 0 Å². The van der Waals surface area contributed by atoms with Crippen LogP contribution >= 0.6 is 22.9 Å². The van der Waals surface area contributed by atoms with Gasteiger partial charge in [0.1, 0.15) is 0 Å². The number of halogens is 1. The van der Waals surface area contributed by atoms with E-state index in [2.05, 4.69) is 17.6 Å². The first kappa shape index (κ1) is 12.0. The van der Waals surface area contributed by atoms with E-state index in [4.69, 9.17) is 11.6 Å². The van der Waals surface area contributed by atoms with E-state index < -0.39 is 0 Å². The van der Waals surface area contributed by atoms with Crippen molar-refractivity contribution in [2.24, 2.45) is 0 Å². The number of hydrogen-bond donors (Lipinski definition) is 1. The van der Waals surface area contributed by atoms with Crippen molar-refractivity contribution in [3.8, 4) is 0 Å². The average Bonchev–Trinajstić information content (AvgIpc) is 2.58. The topological polar surface area (TPSA) is 12.0 Å².